The molecule has 2 bridgehead atoms. The maximum absolute atomic E-state index is 13.1. The standard InChI is InChI=1S/C21H35NO4SSe2Si/c1-15-7-9-16(10-8-15)27(24,25)22-19-13-17(23)18-14-21(19,29-28-18)11-12-26-30(5,6)20(2,3)4/h7-10,17-19,22-23H,11-14H2,1-6H3/t17-,18-,19+,21+/m1/s1. The summed E-state index contributed by atoms with van der Waals surface area (Å²) in [6.07, 6.45) is 1.93. The van der Waals surface area contributed by atoms with Crippen LogP contribution in [0.5, 0.6) is 0 Å². The van der Waals surface area contributed by atoms with Crippen molar-refractivity contribution >= 4 is 44.6 Å². The fourth-order valence-corrected chi connectivity index (χ4v) is 18.7. The van der Waals surface area contributed by atoms with Gasteiger partial charge in [0.05, 0.1) is 0 Å². The molecule has 170 valence electrons. The van der Waals surface area contributed by atoms with Gasteiger partial charge in [-0.15, -0.1) is 0 Å². The average Bonchev–Trinajstić information content (AvgIpc) is 3.01. The van der Waals surface area contributed by atoms with Gasteiger partial charge in [0.25, 0.3) is 0 Å². The second kappa shape index (κ2) is 8.92. The van der Waals surface area contributed by atoms with Crippen molar-refractivity contribution in [1.29, 1.82) is 0 Å². The summed E-state index contributed by atoms with van der Waals surface area (Å²) in [4.78, 5) is 0.666. The molecule has 0 amide bonds. The van der Waals surface area contributed by atoms with Gasteiger partial charge in [0.2, 0.25) is 0 Å². The van der Waals surface area contributed by atoms with Crippen LogP contribution in [0.4, 0.5) is 0 Å². The molecule has 0 spiro atoms. The van der Waals surface area contributed by atoms with Gasteiger partial charge in [0.15, 0.2) is 0 Å². The normalized spacial score (nSPS) is 29.9. The van der Waals surface area contributed by atoms with E-state index in [1.807, 2.05) is 19.1 Å². The second-order valence-corrected chi connectivity index (χ2v) is 24.3. The van der Waals surface area contributed by atoms with Crippen molar-refractivity contribution in [3.63, 3.8) is 0 Å². The molecule has 5 nitrogen and oxygen atoms in total. The van der Waals surface area contributed by atoms with Crippen molar-refractivity contribution in [3.05, 3.63) is 29.8 Å². The minimum atomic E-state index is -3.62. The Morgan fingerprint density at radius 1 is 1.27 bits per heavy atom. The van der Waals surface area contributed by atoms with Gasteiger partial charge in [0.1, 0.15) is 0 Å². The fraction of sp³-hybridized carbons (Fsp3) is 0.714. The van der Waals surface area contributed by atoms with Crippen LogP contribution >= 0.6 is 0 Å². The first-order chi connectivity index (χ1) is 13.8. The Morgan fingerprint density at radius 2 is 1.90 bits per heavy atom. The van der Waals surface area contributed by atoms with Crippen LogP contribution < -0.4 is 4.72 Å². The summed E-state index contributed by atoms with van der Waals surface area (Å²) >= 11 is 0.757. The Hall–Kier alpha value is 0.306. The van der Waals surface area contributed by atoms with Gasteiger partial charge in [0, 0.05) is 0 Å². The third-order valence-corrected chi connectivity index (χ3v) is 24.0. The molecule has 1 aromatic carbocycles. The van der Waals surface area contributed by atoms with Crippen LogP contribution in [0.25, 0.3) is 0 Å². The average molecular weight is 584 g/mol. The van der Waals surface area contributed by atoms with Gasteiger partial charge in [-0.05, 0) is 0 Å². The molecule has 2 aliphatic rings. The summed E-state index contributed by atoms with van der Waals surface area (Å²) in [5, 5.41) is 10.8. The second-order valence-electron chi connectivity index (χ2n) is 10.1. The number of aliphatic hydroxyl groups excluding tert-OH is 1. The first-order valence-corrected chi connectivity index (χ1v) is 21.1. The molecule has 1 aliphatic heterocycles. The van der Waals surface area contributed by atoms with Crippen LogP contribution in [0.2, 0.25) is 27.3 Å². The van der Waals surface area contributed by atoms with Crippen molar-refractivity contribution in [2.45, 2.75) is 91.3 Å². The number of nitrogens with one attached hydrogen (secondary N) is 1. The SMILES string of the molecule is Cc1ccc(S(=O)(=O)N[C@H]2C[C@@H](O)[C@H]3C[C@]2(CCO[Si](C)(C)C(C)(C)C)[Se][Se]3)cc1. The summed E-state index contributed by atoms with van der Waals surface area (Å²) < 4.78 is 35.6. The molecule has 0 radical (unpaired) electrons. The molecule has 1 aliphatic carbocycles. The fourth-order valence-electron chi connectivity index (χ4n) is 3.72. The number of fused-ring (bicyclic) bond motifs is 2. The zero-order chi connectivity index (χ0) is 22.4. The number of rotatable bonds is 7. The van der Waals surface area contributed by atoms with E-state index in [2.05, 4.69) is 38.6 Å². The van der Waals surface area contributed by atoms with Crippen LogP contribution in [0.15, 0.2) is 29.2 Å². The summed E-state index contributed by atoms with van der Waals surface area (Å²) in [7, 11) is -5.45. The maximum atomic E-state index is 13.1. The van der Waals surface area contributed by atoms with E-state index in [4.69, 9.17) is 4.43 Å². The van der Waals surface area contributed by atoms with Gasteiger partial charge in [-0.25, -0.2) is 0 Å². The Labute approximate surface area is 194 Å². The van der Waals surface area contributed by atoms with E-state index in [9.17, 15) is 13.5 Å². The first kappa shape index (κ1) is 24.9. The number of benzene rings is 1. The van der Waals surface area contributed by atoms with Gasteiger partial charge in [-0.1, -0.05) is 0 Å². The number of hydrogen-bond acceptors (Lipinski definition) is 4. The van der Waals surface area contributed by atoms with Crippen molar-refractivity contribution in [1.82, 2.24) is 4.72 Å². The van der Waals surface area contributed by atoms with Gasteiger partial charge < -0.3 is 0 Å². The van der Waals surface area contributed by atoms with Crippen molar-refractivity contribution in [3.8, 4) is 0 Å². The molecule has 0 unspecified atom stereocenters. The zero-order valence-corrected chi connectivity index (χ0v) is 24.0. The topological polar surface area (TPSA) is 75.6 Å². The Bertz CT molecular complexity index is 857. The minimum absolute atomic E-state index is 0.0446. The third-order valence-electron chi connectivity index (χ3n) is 6.85. The van der Waals surface area contributed by atoms with Gasteiger partial charge in [-0.3, -0.25) is 0 Å². The van der Waals surface area contributed by atoms with Crippen molar-refractivity contribution in [2.75, 3.05) is 6.61 Å². The number of sulfonamides is 1. The Kier molecular flexibility index (Phi) is 7.42. The van der Waals surface area contributed by atoms with Crippen molar-refractivity contribution < 1.29 is 18.0 Å². The van der Waals surface area contributed by atoms with E-state index in [0.717, 1.165) is 18.4 Å². The quantitative estimate of drug-likeness (QED) is 0.482. The van der Waals surface area contributed by atoms with Gasteiger partial charge in [-0.2, -0.15) is 0 Å². The number of aryl methyl sites for hydroxylation is 1. The van der Waals surface area contributed by atoms with Crippen molar-refractivity contribution in [2.24, 2.45) is 0 Å². The summed E-state index contributed by atoms with van der Waals surface area (Å²) in [5.74, 6) is 0. The predicted molar refractivity (Wildman–Crippen MR) is 126 cm³/mol. The van der Waals surface area contributed by atoms with Crippen LogP contribution in [0, 0.1) is 6.92 Å². The van der Waals surface area contributed by atoms with Gasteiger partial charge >= 0.3 is 195 Å². The molecule has 1 heterocycles. The molecule has 3 rings (SSSR count). The molecule has 9 heteroatoms. The first-order valence-electron chi connectivity index (χ1n) is 10.5. The molecule has 1 saturated heterocycles. The van der Waals surface area contributed by atoms with Crippen LogP contribution in [0.1, 0.15) is 45.6 Å². The number of aliphatic hydroxyl groups is 1. The van der Waals surface area contributed by atoms with E-state index in [1.54, 1.807) is 12.1 Å². The Morgan fingerprint density at radius 3 is 2.50 bits per heavy atom. The van der Waals surface area contributed by atoms with E-state index in [1.165, 1.54) is 0 Å². The molecule has 1 saturated carbocycles. The molecule has 2 N–H and O–H groups in total. The van der Waals surface area contributed by atoms with Crippen LogP contribution in [-0.4, -0.2) is 66.9 Å². The van der Waals surface area contributed by atoms with Crippen LogP contribution in [-0.2, 0) is 14.4 Å². The molecule has 0 aromatic heterocycles. The summed E-state index contributed by atoms with van der Waals surface area (Å²) in [6.45, 7) is 13.9. The summed E-state index contributed by atoms with van der Waals surface area (Å²) in [5.41, 5.74) is 1.03. The monoisotopic (exact) mass is 585 g/mol. The molecule has 2 fully saturated rings. The van der Waals surface area contributed by atoms with E-state index < -0.39 is 24.4 Å². The molecule has 1 aromatic rings. The number of hydrogen-bond donors (Lipinski definition) is 2. The third kappa shape index (κ3) is 5.27. The molecule has 30 heavy (non-hydrogen) atoms. The zero-order valence-electron chi connectivity index (χ0n) is 18.8. The Balaban J connectivity index is 1.77. The molecule has 4 atom stereocenters. The predicted octanol–water partition coefficient (Wildman–Crippen LogP) is 3.49. The molecular formula is C21H35NO4SSe2Si. The van der Waals surface area contributed by atoms with E-state index >= 15 is 0 Å². The summed E-state index contributed by atoms with van der Waals surface area (Å²) in [6, 6.07) is 6.76. The van der Waals surface area contributed by atoms with Crippen LogP contribution in [0.3, 0.4) is 0 Å². The van der Waals surface area contributed by atoms with E-state index in [-0.39, 0.29) is 15.4 Å². The molecular weight excluding hydrogens is 548 g/mol. The van der Waals surface area contributed by atoms with E-state index in [0.29, 0.717) is 49.0 Å².